The molecule has 0 bridgehead atoms. The van der Waals surface area contributed by atoms with Gasteiger partial charge in [-0.05, 0) is 31.0 Å². The maximum Gasteiger partial charge on any atom is 0.251 e. The molecule has 1 heterocycles. The predicted octanol–water partition coefficient (Wildman–Crippen LogP) is 2.77. The number of carbonyl (C=O) groups excluding carboxylic acids is 2. The van der Waals surface area contributed by atoms with E-state index in [0.29, 0.717) is 23.0 Å². The molecule has 22 heavy (non-hydrogen) atoms. The van der Waals surface area contributed by atoms with Crippen molar-refractivity contribution in [3.63, 3.8) is 0 Å². The molecule has 2 aromatic rings. The lowest BCUT2D eigenvalue weighted by atomic mass is 10.2. The van der Waals surface area contributed by atoms with Gasteiger partial charge in [-0.2, -0.15) is 0 Å². The molecule has 0 aliphatic heterocycles. The van der Waals surface area contributed by atoms with Gasteiger partial charge in [0.15, 0.2) is 0 Å². The molecule has 1 aliphatic carbocycles. The van der Waals surface area contributed by atoms with Crippen LogP contribution < -0.4 is 10.6 Å². The number of aromatic nitrogens is 1. The molecular weight excluding hydrogens is 318 g/mol. The second kappa shape index (κ2) is 6.93. The van der Waals surface area contributed by atoms with Gasteiger partial charge in [0.1, 0.15) is 4.34 Å². The smallest absolute Gasteiger partial charge is 0.251 e. The number of hydrogen-bond acceptors (Lipinski definition) is 5. The van der Waals surface area contributed by atoms with Crippen molar-refractivity contribution in [3.05, 3.63) is 41.4 Å². The van der Waals surface area contributed by atoms with Gasteiger partial charge in [-0.3, -0.25) is 9.59 Å². The van der Waals surface area contributed by atoms with Crippen LogP contribution in [0.5, 0.6) is 0 Å². The van der Waals surface area contributed by atoms with Crippen LogP contribution in [0, 0.1) is 0 Å². The third-order valence-corrected chi connectivity index (χ3v) is 5.02. The third kappa shape index (κ3) is 4.32. The van der Waals surface area contributed by atoms with Gasteiger partial charge in [-0.1, -0.05) is 17.8 Å². The zero-order valence-corrected chi connectivity index (χ0v) is 13.4. The van der Waals surface area contributed by atoms with Crippen LogP contribution in [-0.4, -0.2) is 28.6 Å². The highest BCUT2D eigenvalue weighted by molar-refractivity contribution is 8.01. The van der Waals surface area contributed by atoms with Gasteiger partial charge in [-0.25, -0.2) is 4.98 Å². The number of rotatable bonds is 6. The molecule has 7 heteroatoms. The fraction of sp³-hybridized carbons (Fsp3) is 0.267. The second-order valence-corrected chi connectivity index (χ2v) is 7.08. The van der Waals surface area contributed by atoms with E-state index >= 15 is 0 Å². The highest BCUT2D eigenvalue weighted by Crippen LogP contribution is 2.21. The van der Waals surface area contributed by atoms with Crippen molar-refractivity contribution in [2.45, 2.75) is 23.2 Å². The predicted molar refractivity (Wildman–Crippen MR) is 88.4 cm³/mol. The zero-order chi connectivity index (χ0) is 15.4. The molecule has 0 saturated heterocycles. The van der Waals surface area contributed by atoms with Gasteiger partial charge in [-0.15, -0.1) is 11.3 Å². The first-order valence-corrected chi connectivity index (χ1v) is 8.80. The van der Waals surface area contributed by atoms with Crippen molar-refractivity contribution in [2.24, 2.45) is 0 Å². The monoisotopic (exact) mass is 333 g/mol. The maximum atomic E-state index is 12.0. The number of anilines is 1. The summed E-state index contributed by atoms with van der Waals surface area (Å²) in [6, 6.07) is 7.31. The van der Waals surface area contributed by atoms with E-state index in [2.05, 4.69) is 15.6 Å². The fourth-order valence-electron chi connectivity index (χ4n) is 1.84. The molecule has 0 atom stereocenters. The minimum Gasteiger partial charge on any atom is -0.349 e. The molecule has 1 aliphatic rings. The van der Waals surface area contributed by atoms with Crippen molar-refractivity contribution in [2.75, 3.05) is 11.1 Å². The zero-order valence-electron chi connectivity index (χ0n) is 11.7. The summed E-state index contributed by atoms with van der Waals surface area (Å²) >= 11 is 2.91. The molecule has 0 unspecified atom stereocenters. The summed E-state index contributed by atoms with van der Waals surface area (Å²) in [5.74, 6) is 0.0992. The minimum atomic E-state index is -0.111. The number of nitrogens with one attached hydrogen (secondary N) is 2. The molecule has 5 nitrogen and oxygen atoms in total. The Morgan fingerprint density at radius 1 is 1.36 bits per heavy atom. The molecular formula is C15H15N3O2S2. The lowest BCUT2D eigenvalue weighted by Gasteiger charge is -2.07. The van der Waals surface area contributed by atoms with Crippen molar-refractivity contribution < 1.29 is 9.59 Å². The maximum absolute atomic E-state index is 12.0. The lowest BCUT2D eigenvalue weighted by Crippen LogP contribution is -2.25. The van der Waals surface area contributed by atoms with E-state index in [9.17, 15) is 9.59 Å². The normalized spacial score (nSPS) is 13.6. The van der Waals surface area contributed by atoms with Gasteiger partial charge >= 0.3 is 0 Å². The lowest BCUT2D eigenvalue weighted by molar-refractivity contribution is -0.113. The van der Waals surface area contributed by atoms with Crippen LogP contribution in [0.15, 0.2) is 40.2 Å². The fourth-order valence-corrected chi connectivity index (χ4v) is 3.28. The van der Waals surface area contributed by atoms with E-state index in [0.717, 1.165) is 17.2 Å². The molecule has 0 radical (unpaired) electrons. The Morgan fingerprint density at radius 2 is 2.23 bits per heavy atom. The van der Waals surface area contributed by atoms with Gasteiger partial charge in [0, 0.05) is 28.9 Å². The topological polar surface area (TPSA) is 71.1 Å². The van der Waals surface area contributed by atoms with E-state index in [1.165, 1.54) is 23.1 Å². The van der Waals surface area contributed by atoms with Crippen LogP contribution in [0.25, 0.3) is 0 Å². The molecule has 1 saturated carbocycles. The first-order chi connectivity index (χ1) is 10.7. The van der Waals surface area contributed by atoms with Gasteiger partial charge in [0.25, 0.3) is 5.91 Å². The molecule has 2 N–H and O–H groups in total. The number of hydrogen-bond donors (Lipinski definition) is 2. The quantitative estimate of drug-likeness (QED) is 0.798. The SMILES string of the molecule is O=C(CSc1nccs1)Nc1cccc(C(=O)NC2CC2)c1. The van der Waals surface area contributed by atoms with Crippen LogP contribution >= 0.6 is 23.1 Å². The molecule has 3 rings (SSSR count). The van der Waals surface area contributed by atoms with E-state index in [1.54, 1.807) is 30.5 Å². The Kier molecular flexibility index (Phi) is 4.74. The summed E-state index contributed by atoms with van der Waals surface area (Å²) in [5.41, 5.74) is 1.20. The minimum absolute atomic E-state index is 0.0873. The first-order valence-electron chi connectivity index (χ1n) is 6.94. The number of benzene rings is 1. The van der Waals surface area contributed by atoms with Crippen LogP contribution in [-0.2, 0) is 4.79 Å². The van der Waals surface area contributed by atoms with Gasteiger partial charge < -0.3 is 10.6 Å². The highest BCUT2D eigenvalue weighted by atomic mass is 32.2. The van der Waals surface area contributed by atoms with Crippen LogP contribution in [0.2, 0.25) is 0 Å². The van der Waals surface area contributed by atoms with Crippen LogP contribution in [0.1, 0.15) is 23.2 Å². The molecule has 1 aromatic carbocycles. The second-order valence-electron chi connectivity index (χ2n) is 4.96. The Labute approximate surface area is 136 Å². The summed E-state index contributed by atoms with van der Waals surface area (Å²) in [4.78, 5) is 28.0. The van der Waals surface area contributed by atoms with Gasteiger partial charge in [0.2, 0.25) is 5.91 Å². The van der Waals surface area contributed by atoms with E-state index in [4.69, 9.17) is 0 Å². The van der Waals surface area contributed by atoms with Crippen LogP contribution in [0.3, 0.4) is 0 Å². The molecule has 114 valence electrons. The van der Waals surface area contributed by atoms with E-state index in [1.807, 2.05) is 5.38 Å². The number of nitrogens with zero attached hydrogens (tertiary/aromatic N) is 1. The van der Waals surface area contributed by atoms with Gasteiger partial charge in [0.05, 0.1) is 5.75 Å². The summed E-state index contributed by atoms with van der Waals surface area (Å²) in [5, 5.41) is 7.61. The largest absolute Gasteiger partial charge is 0.349 e. The highest BCUT2D eigenvalue weighted by Gasteiger charge is 2.23. The van der Waals surface area contributed by atoms with Crippen molar-refractivity contribution in [3.8, 4) is 0 Å². The number of thiazole rings is 1. The van der Waals surface area contributed by atoms with Crippen molar-refractivity contribution >= 4 is 40.6 Å². The average molecular weight is 333 g/mol. The molecule has 2 amide bonds. The summed E-state index contributed by atoms with van der Waals surface area (Å²) in [6.07, 6.45) is 3.82. The van der Waals surface area contributed by atoms with Crippen molar-refractivity contribution in [1.29, 1.82) is 0 Å². The number of carbonyl (C=O) groups is 2. The summed E-state index contributed by atoms with van der Waals surface area (Å²) in [6.45, 7) is 0. The van der Waals surface area contributed by atoms with E-state index in [-0.39, 0.29) is 11.8 Å². The Balaban J connectivity index is 1.54. The Morgan fingerprint density at radius 3 is 2.95 bits per heavy atom. The summed E-state index contributed by atoms with van der Waals surface area (Å²) < 4.78 is 0.868. The number of amides is 2. The van der Waals surface area contributed by atoms with Crippen LogP contribution in [0.4, 0.5) is 5.69 Å². The molecule has 1 aromatic heterocycles. The average Bonchev–Trinajstić information content (AvgIpc) is 3.17. The molecule has 1 fully saturated rings. The first kappa shape index (κ1) is 15.1. The number of thioether (sulfide) groups is 1. The van der Waals surface area contributed by atoms with E-state index < -0.39 is 0 Å². The van der Waals surface area contributed by atoms with Crippen molar-refractivity contribution in [1.82, 2.24) is 10.3 Å². The third-order valence-electron chi connectivity index (χ3n) is 3.06. The summed E-state index contributed by atoms with van der Waals surface area (Å²) in [7, 11) is 0. The standard InChI is InChI=1S/C15H15N3O2S2/c19-13(9-22-15-16-6-7-21-15)17-12-3-1-2-10(8-12)14(20)18-11-4-5-11/h1-3,6-8,11H,4-5,9H2,(H,17,19)(H,18,20). The molecule has 0 spiro atoms. The Hall–Kier alpha value is -1.86. The Bertz CT molecular complexity index is 669.